The second kappa shape index (κ2) is 7.65. The molecule has 116 valence electrons. The number of ether oxygens (including phenoxy) is 2. The second-order valence-electron chi connectivity index (χ2n) is 4.84. The summed E-state index contributed by atoms with van der Waals surface area (Å²) < 4.78 is 10.5. The molecule has 1 aromatic carbocycles. The van der Waals surface area contributed by atoms with Crippen LogP contribution in [0.1, 0.15) is 5.56 Å². The lowest BCUT2D eigenvalue weighted by Crippen LogP contribution is -2.59. The number of hydrogen-bond acceptors (Lipinski definition) is 6. The summed E-state index contributed by atoms with van der Waals surface area (Å²) in [7, 11) is 0. The van der Waals surface area contributed by atoms with Gasteiger partial charge in [0.05, 0.1) is 13.2 Å². The monoisotopic (exact) mass is 296 g/mol. The van der Waals surface area contributed by atoms with E-state index in [0.717, 1.165) is 5.56 Å². The van der Waals surface area contributed by atoms with Gasteiger partial charge < -0.3 is 29.9 Å². The second-order valence-corrected chi connectivity index (χ2v) is 4.84. The summed E-state index contributed by atoms with van der Waals surface area (Å²) in [6.45, 7) is -0.303. The Bertz CT molecular complexity index is 447. The molecule has 1 aromatic rings. The topological polar surface area (TPSA) is 99.4 Å². The first kappa shape index (κ1) is 16.1. The number of rotatable bonds is 5. The minimum atomic E-state index is -1.42. The third-order valence-corrected chi connectivity index (χ3v) is 3.32. The molecule has 0 bridgehead atoms. The molecule has 5 atom stereocenters. The molecule has 1 aliphatic rings. The Labute approximate surface area is 122 Å². The Morgan fingerprint density at radius 3 is 2.43 bits per heavy atom. The molecule has 1 saturated heterocycles. The normalized spacial score (nSPS) is 33.4. The van der Waals surface area contributed by atoms with Crippen molar-refractivity contribution in [3.63, 3.8) is 0 Å². The maximum atomic E-state index is 9.77. The van der Waals surface area contributed by atoms with Gasteiger partial charge in [-0.2, -0.15) is 0 Å². The molecule has 0 spiro atoms. The first-order chi connectivity index (χ1) is 10.1. The lowest BCUT2D eigenvalue weighted by molar-refractivity contribution is -0.298. The van der Waals surface area contributed by atoms with Crippen molar-refractivity contribution in [3.05, 3.63) is 42.0 Å². The Morgan fingerprint density at radius 1 is 1.05 bits per heavy atom. The average molecular weight is 296 g/mol. The van der Waals surface area contributed by atoms with E-state index in [9.17, 15) is 15.3 Å². The fraction of sp³-hybridized carbons (Fsp3) is 0.467. The third kappa shape index (κ3) is 4.10. The summed E-state index contributed by atoms with van der Waals surface area (Å²) in [5.74, 6) is 0. The number of hydrogen-bond donors (Lipinski definition) is 4. The van der Waals surface area contributed by atoms with Gasteiger partial charge in [0.15, 0.2) is 6.29 Å². The maximum Gasteiger partial charge on any atom is 0.187 e. The van der Waals surface area contributed by atoms with Gasteiger partial charge in [-0.15, -0.1) is 0 Å². The van der Waals surface area contributed by atoms with Crippen molar-refractivity contribution in [1.29, 1.82) is 0 Å². The largest absolute Gasteiger partial charge is 0.394 e. The van der Waals surface area contributed by atoms with Crippen LogP contribution in [-0.4, -0.2) is 64.3 Å². The van der Waals surface area contributed by atoms with Gasteiger partial charge in [0.1, 0.15) is 24.4 Å². The highest BCUT2D eigenvalue weighted by Gasteiger charge is 2.43. The highest BCUT2D eigenvalue weighted by molar-refractivity contribution is 5.48. The van der Waals surface area contributed by atoms with Crippen molar-refractivity contribution in [3.8, 4) is 0 Å². The van der Waals surface area contributed by atoms with Crippen LogP contribution in [0.4, 0.5) is 0 Å². The molecule has 0 amide bonds. The summed E-state index contributed by atoms with van der Waals surface area (Å²) in [6.07, 6.45) is -2.61. The molecule has 21 heavy (non-hydrogen) atoms. The predicted octanol–water partition coefficient (Wildman–Crippen LogP) is -0.484. The number of aliphatic hydroxyl groups excluding tert-OH is 4. The van der Waals surface area contributed by atoms with E-state index in [2.05, 4.69) is 0 Å². The molecular weight excluding hydrogens is 276 g/mol. The SMILES string of the molecule is OC[C@H]1O[C@H](OC/C=C/c2ccccc2)[C@H](O)[C@@H](O)[C@@H]1O. The van der Waals surface area contributed by atoms with Gasteiger partial charge in [0.25, 0.3) is 0 Å². The first-order valence-electron chi connectivity index (χ1n) is 6.77. The van der Waals surface area contributed by atoms with Crippen LogP contribution in [0, 0.1) is 0 Å². The fourth-order valence-electron chi connectivity index (χ4n) is 2.10. The Hall–Kier alpha value is -1.28. The molecule has 6 heteroatoms. The third-order valence-electron chi connectivity index (χ3n) is 3.32. The smallest absolute Gasteiger partial charge is 0.187 e. The van der Waals surface area contributed by atoms with Crippen LogP contribution in [0.25, 0.3) is 6.08 Å². The van der Waals surface area contributed by atoms with Gasteiger partial charge in [-0.3, -0.25) is 0 Å². The van der Waals surface area contributed by atoms with Crippen LogP contribution in [0.2, 0.25) is 0 Å². The van der Waals surface area contributed by atoms with Gasteiger partial charge in [0.2, 0.25) is 0 Å². The van der Waals surface area contributed by atoms with Crippen molar-refractivity contribution < 1.29 is 29.9 Å². The average Bonchev–Trinajstić information content (AvgIpc) is 2.52. The van der Waals surface area contributed by atoms with Crippen molar-refractivity contribution in [2.45, 2.75) is 30.7 Å². The highest BCUT2D eigenvalue weighted by atomic mass is 16.7. The Kier molecular flexibility index (Phi) is 5.86. The molecule has 0 saturated carbocycles. The van der Waals surface area contributed by atoms with Crippen LogP contribution in [-0.2, 0) is 9.47 Å². The molecule has 1 heterocycles. The molecule has 0 unspecified atom stereocenters. The standard InChI is InChI=1S/C15H20O6/c16-9-11-12(17)13(18)14(19)15(21-11)20-8-4-7-10-5-2-1-3-6-10/h1-7,11-19H,8-9H2/b7-4+/t11-,12-,13+,14-,15+/m1/s1. The van der Waals surface area contributed by atoms with Crippen molar-refractivity contribution in [2.75, 3.05) is 13.2 Å². The fourth-order valence-corrected chi connectivity index (χ4v) is 2.10. The van der Waals surface area contributed by atoms with Gasteiger partial charge >= 0.3 is 0 Å². The van der Waals surface area contributed by atoms with E-state index in [1.165, 1.54) is 0 Å². The summed E-state index contributed by atoms with van der Waals surface area (Å²) in [6, 6.07) is 9.62. The van der Waals surface area contributed by atoms with Crippen LogP contribution in [0.5, 0.6) is 0 Å². The van der Waals surface area contributed by atoms with E-state index in [-0.39, 0.29) is 6.61 Å². The highest BCUT2D eigenvalue weighted by Crippen LogP contribution is 2.21. The van der Waals surface area contributed by atoms with Crippen molar-refractivity contribution in [1.82, 2.24) is 0 Å². The van der Waals surface area contributed by atoms with E-state index < -0.39 is 37.3 Å². The van der Waals surface area contributed by atoms with E-state index in [1.807, 2.05) is 36.4 Å². The zero-order chi connectivity index (χ0) is 15.2. The van der Waals surface area contributed by atoms with Crippen LogP contribution in [0.3, 0.4) is 0 Å². The Morgan fingerprint density at radius 2 is 1.76 bits per heavy atom. The van der Waals surface area contributed by atoms with Gasteiger partial charge in [-0.05, 0) is 5.56 Å². The Balaban J connectivity index is 1.86. The van der Waals surface area contributed by atoms with Crippen LogP contribution >= 0.6 is 0 Å². The van der Waals surface area contributed by atoms with Gasteiger partial charge in [-0.1, -0.05) is 42.5 Å². The molecule has 1 fully saturated rings. The predicted molar refractivity (Wildman–Crippen MR) is 75.2 cm³/mol. The summed E-state index contributed by atoms with van der Waals surface area (Å²) in [5, 5.41) is 38.1. The van der Waals surface area contributed by atoms with Crippen LogP contribution in [0.15, 0.2) is 36.4 Å². The zero-order valence-electron chi connectivity index (χ0n) is 11.4. The minimum absolute atomic E-state index is 0.164. The van der Waals surface area contributed by atoms with Gasteiger partial charge in [0, 0.05) is 0 Å². The molecule has 4 N–H and O–H groups in total. The maximum absolute atomic E-state index is 9.77. The number of benzene rings is 1. The molecule has 6 nitrogen and oxygen atoms in total. The zero-order valence-corrected chi connectivity index (χ0v) is 11.4. The molecular formula is C15H20O6. The summed E-state index contributed by atoms with van der Waals surface area (Å²) in [4.78, 5) is 0. The molecule has 1 aliphatic heterocycles. The summed E-state index contributed by atoms with van der Waals surface area (Å²) in [5.41, 5.74) is 1.01. The van der Waals surface area contributed by atoms with Crippen molar-refractivity contribution >= 4 is 6.08 Å². The molecule has 0 aromatic heterocycles. The minimum Gasteiger partial charge on any atom is -0.394 e. The van der Waals surface area contributed by atoms with E-state index >= 15 is 0 Å². The van der Waals surface area contributed by atoms with E-state index in [0.29, 0.717) is 0 Å². The quantitative estimate of drug-likeness (QED) is 0.585. The van der Waals surface area contributed by atoms with Crippen molar-refractivity contribution in [2.24, 2.45) is 0 Å². The summed E-state index contributed by atoms with van der Waals surface area (Å²) >= 11 is 0. The van der Waals surface area contributed by atoms with E-state index in [1.54, 1.807) is 6.08 Å². The van der Waals surface area contributed by atoms with Crippen LogP contribution < -0.4 is 0 Å². The van der Waals surface area contributed by atoms with Gasteiger partial charge in [-0.25, -0.2) is 0 Å². The molecule has 0 radical (unpaired) electrons. The lowest BCUT2D eigenvalue weighted by Gasteiger charge is -2.39. The first-order valence-corrected chi connectivity index (χ1v) is 6.77. The lowest BCUT2D eigenvalue weighted by atomic mass is 9.99. The molecule has 0 aliphatic carbocycles. The van der Waals surface area contributed by atoms with E-state index in [4.69, 9.17) is 14.6 Å². The molecule has 2 rings (SSSR count). The number of aliphatic hydroxyl groups is 4.